The molecule has 1 atom stereocenters. The van der Waals surface area contributed by atoms with E-state index in [0.717, 1.165) is 77.0 Å². The normalized spacial score (nSPS) is 13.8. The molecular formula is C43H65O8P. The number of rotatable bonds is 32. The Labute approximate surface area is 314 Å². The standard InChI is InChI=1S/C43H65O8P/c1-3-5-7-9-11-13-15-17-19-20-21-22-24-25-27-29-31-33-35-37-42(44)49-39-41(40-50-52(46,47)48)51-43(45)38-36-34-32-30-28-26-23-18-16-14-12-10-8-6-4-2/h5-8,10-14,16-19,21-23,25,27,31,33,41H,3-4,9,15,20,24,26,28-30,32,34-40H2,1-2H3,(H2,46,47,48)/b7-5+,8-6+,12-10+,13-11+,16-14+,19-17+,22-21+,23-18+,27-25+,33-31+/t41-/m1/s1. The van der Waals surface area contributed by atoms with Gasteiger partial charge >= 0.3 is 19.8 Å². The van der Waals surface area contributed by atoms with E-state index in [0.29, 0.717) is 12.8 Å². The van der Waals surface area contributed by atoms with E-state index in [1.54, 1.807) is 0 Å². The van der Waals surface area contributed by atoms with E-state index in [-0.39, 0.29) is 19.4 Å². The second kappa shape index (κ2) is 37.2. The van der Waals surface area contributed by atoms with E-state index < -0.39 is 32.5 Å². The van der Waals surface area contributed by atoms with Gasteiger partial charge in [0, 0.05) is 12.8 Å². The fourth-order valence-electron chi connectivity index (χ4n) is 4.35. The van der Waals surface area contributed by atoms with Gasteiger partial charge in [0.25, 0.3) is 0 Å². The molecule has 0 fully saturated rings. The topological polar surface area (TPSA) is 119 Å². The van der Waals surface area contributed by atoms with E-state index in [1.807, 2.05) is 48.6 Å². The van der Waals surface area contributed by atoms with Crippen LogP contribution in [0, 0.1) is 0 Å². The highest BCUT2D eigenvalue weighted by atomic mass is 31.2. The zero-order valence-corrected chi connectivity index (χ0v) is 32.5. The molecule has 0 aromatic rings. The van der Waals surface area contributed by atoms with Crippen LogP contribution in [0.5, 0.6) is 0 Å². The van der Waals surface area contributed by atoms with Crippen molar-refractivity contribution in [2.75, 3.05) is 13.2 Å². The first-order valence-corrected chi connectivity index (χ1v) is 20.4. The molecule has 0 aliphatic carbocycles. The third-order valence-electron chi connectivity index (χ3n) is 7.08. The SMILES string of the molecule is CC/C=C/C=C/C=C/C=C/CCCCCCCC(=O)O[C@H](COC(=O)CC/C=C/C/C=C/C/C=C/C/C=C/C/C=C/C/C=C/CC)COP(=O)(O)O. The predicted octanol–water partition coefficient (Wildman–Crippen LogP) is 11.4. The molecule has 0 bridgehead atoms. The van der Waals surface area contributed by atoms with Crippen molar-refractivity contribution < 1.29 is 37.9 Å². The lowest BCUT2D eigenvalue weighted by atomic mass is 10.1. The number of carbonyl (C=O) groups excluding carboxylic acids is 2. The van der Waals surface area contributed by atoms with Crippen LogP contribution in [0.25, 0.3) is 0 Å². The molecule has 9 heteroatoms. The number of ether oxygens (including phenoxy) is 2. The van der Waals surface area contributed by atoms with Gasteiger partial charge in [0.05, 0.1) is 6.61 Å². The molecule has 0 aromatic heterocycles. The molecule has 290 valence electrons. The second-order valence-electron chi connectivity index (χ2n) is 11.9. The number of carbonyl (C=O) groups is 2. The van der Waals surface area contributed by atoms with E-state index in [1.165, 1.54) is 0 Å². The van der Waals surface area contributed by atoms with Gasteiger partial charge in [-0.2, -0.15) is 0 Å². The average molecular weight is 741 g/mol. The summed E-state index contributed by atoms with van der Waals surface area (Å²) < 4.78 is 26.2. The number of esters is 2. The molecule has 0 unspecified atom stereocenters. The van der Waals surface area contributed by atoms with Gasteiger partial charge < -0.3 is 19.3 Å². The molecule has 0 aromatic carbocycles. The van der Waals surface area contributed by atoms with Crippen LogP contribution in [0.15, 0.2) is 122 Å². The van der Waals surface area contributed by atoms with Crippen LogP contribution >= 0.6 is 7.82 Å². The van der Waals surface area contributed by atoms with Crippen molar-refractivity contribution in [2.45, 2.75) is 123 Å². The summed E-state index contributed by atoms with van der Waals surface area (Å²) >= 11 is 0. The van der Waals surface area contributed by atoms with Crippen molar-refractivity contribution >= 4 is 19.8 Å². The molecule has 2 N–H and O–H groups in total. The molecule has 0 radical (unpaired) electrons. The number of unbranched alkanes of at least 4 members (excludes halogenated alkanes) is 5. The van der Waals surface area contributed by atoms with E-state index >= 15 is 0 Å². The highest BCUT2D eigenvalue weighted by Crippen LogP contribution is 2.35. The van der Waals surface area contributed by atoms with E-state index in [9.17, 15) is 14.2 Å². The Morgan fingerprint density at radius 3 is 1.56 bits per heavy atom. The van der Waals surface area contributed by atoms with E-state index in [4.69, 9.17) is 19.3 Å². The Hall–Kier alpha value is -3.55. The molecule has 0 saturated heterocycles. The molecule has 52 heavy (non-hydrogen) atoms. The van der Waals surface area contributed by atoms with Crippen LogP contribution in [0.4, 0.5) is 0 Å². The predicted molar refractivity (Wildman–Crippen MR) is 215 cm³/mol. The van der Waals surface area contributed by atoms with Gasteiger partial charge in [-0.05, 0) is 70.6 Å². The minimum atomic E-state index is -4.78. The second-order valence-corrected chi connectivity index (χ2v) is 13.1. The van der Waals surface area contributed by atoms with Gasteiger partial charge in [-0.1, -0.05) is 155 Å². The van der Waals surface area contributed by atoms with E-state index in [2.05, 4.69) is 91.3 Å². The van der Waals surface area contributed by atoms with Crippen LogP contribution < -0.4 is 0 Å². The van der Waals surface area contributed by atoms with Crippen LogP contribution in [-0.2, 0) is 28.2 Å². The number of hydrogen-bond donors (Lipinski definition) is 2. The van der Waals surface area contributed by atoms with Gasteiger partial charge in [0.1, 0.15) is 6.61 Å². The Kier molecular flexibility index (Phi) is 34.7. The molecule has 0 saturated carbocycles. The molecule has 0 amide bonds. The Balaban J connectivity index is 4.18. The molecule has 0 rings (SSSR count). The van der Waals surface area contributed by atoms with Crippen molar-refractivity contribution in [3.8, 4) is 0 Å². The molecule has 0 spiro atoms. The molecule has 0 aliphatic rings. The first-order chi connectivity index (χ1) is 25.3. The maximum absolute atomic E-state index is 12.4. The first kappa shape index (κ1) is 48.5. The fourth-order valence-corrected chi connectivity index (χ4v) is 4.71. The quantitative estimate of drug-likeness (QED) is 0.0230. The van der Waals surface area contributed by atoms with Gasteiger partial charge in [0.15, 0.2) is 6.10 Å². The Morgan fingerprint density at radius 2 is 1.00 bits per heavy atom. The van der Waals surface area contributed by atoms with Gasteiger partial charge in [0.2, 0.25) is 0 Å². The number of phosphoric acid groups is 1. The average Bonchev–Trinajstić information content (AvgIpc) is 3.11. The summed E-state index contributed by atoms with van der Waals surface area (Å²) in [6.07, 6.45) is 53.6. The maximum Gasteiger partial charge on any atom is 0.469 e. The molecule has 8 nitrogen and oxygen atoms in total. The lowest BCUT2D eigenvalue weighted by molar-refractivity contribution is -0.161. The summed E-state index contributed by atoms with van der Waals surface area (Å²) in [5, 5.41) is 0. The minimum Gasteiger partial charge on any atom is -0.462 e. The third kappa shape index (κ3) is 39.2. The van der Waals surface area contributed by atoms with Gasteiger partial charge in [-0.3, -0.25) is 14.1 Å². The smallest absolute Gasteiger partial charge is 0.462 e. The summed E-state index contributed by atoms with van der Waals surface area (Å²) in [4.78, 5) is 42.7. The monoisotopic (exact) mass is 740 g/mol. The fraction of sp³-hybridized carbons (Fsp3) is 0.488. The maximum atomic E-state index is 12.4. The molecule has 0 aliphatic heterocycles. The highest BCUT2D eigenvalue weighted by Gasteiger charge is 2.22. The van der Waals surface area contributed by atoms with Crippen LogP contribution in [0.3, 0.4) is 0 Å². The third-order valence-corrected chi connectivity index (χ3v) is 7.57. The molecular weight excluding hydrogens is 675 g/mol. The summed E-state index contributed by atoms with van der Waals surface area (Å²) in [5.41, 5.74) is 0. The number of phosphoric ester groups is 1. The van der Waals surface area contributed by atoms with Crippen LogP contribution in [0.1, 0.15) is 117 Å². The summed E-state index contributed by atoms with van der Waals surface area (Å²) in [5.74, 6) is -1.03. The van der Waals surface area contributed by atoms with Crippen LogP contribution in [-0.4, -0.2) is 41.0 Å². The Bertz CT molecular complexity index is 1240. The first-order valence-electron chi connectivity index (χ1n) is 18.9. The number of hydrogen-bond acceptors (Lipinski definition) is 6. The van der Waals surface area contributed by atoms with Crippen molar-refractivity contribution in [1.82, 2.24) is 0 Å². The van der Waals surface area contributed by atoms with Crippen molar-refractivity contribution in [3.63, 3.8) is 0 Å². The lowest BCUT2D eigenvalue weighted by Crippen LogP contribution is -2.29. The lowest BCUT2D eigenvalue weighted by Gasteiger charge is -2.18. The summed E-state index contributed by atoms with van der Waals surface area (Å²) in [6.45, 7) is 3.31. The van der Waals surface area contributed by atoms with Crippen molar-refractivity contribution in [2.24, 2.45) is 0 Å². The summed E-state index contributed by atoms with van der Waals surface area (Å²) in [6, 6.07) is 0. The van der Waals surface area contributed by atoms with Crippen molar-refractivity contribution in [1.29, 1.82) is 0 Å². The minimum absolute atomic E-state index is 0.128. The van der Waals surface area contributed by atoms with Gasteiger partial charge in [-0.25, -0.2) is 4.57 Å². The zero-order chi connectivity index (χ0) is 38.2. The zero-order valence-electron chi connectivity index (χ0n) is 31.6. The van der Waals surface area contributed by atoms with Crippen molar-refractivity contribution in [3.05, 3.63) is 122 Å². The van der Waals surface area contributed by atoms with Crippen LogP contribution in [0.2, 0.25) is 0 Å². The van der Waals surface area contributed by atoms with Gasteiger partial charge in [-0.15, -0.1) is 0 Å². The molecule has 0 heterocycles. The summed E-state index contributed by atoms with van der Waals surface area (Å²) in [7, 11) is -4.78. The highest BCUT2D eigenvalue weighted by molar-refractivity contribution is 7.46. The largest absolute Gasteiger partial charge is 0.469 e. The Morgan fingerprint density at radius 1 is 0.519 bits per heavy atom. The number of allylic oxidation sites excluding steroid dienone is 20.